The zero-order chi connectivity index (χ0) is 15.1. The largest absolute Gasteiger partial charge is 0.379 e. The monoisotopic (exact) mass is 290 g/mol. The van der Waals surface area contributed by atoms with Crippen LogP contribution in [0.2, 0.25) is 0 Å². The van der Waals surface area contributed by atoms with Crippen LogP contribution >= 0.6 is 0 Å². The lowest BCUT2D eigenvalue weighted by Gasteiger charge is -2.30. The molecule has 118 valence electrons. The molecule has 1 saturated heterocycles. The number of hydrogen-bond acceptors (Lipinski definition) is 3. The standard InChI is InChI=1S/C18H30N2O/c1-16(15-20-11-13-21-14-12-20)19-10-9-18(2,3)17-7-5-4-6-8-17/h4-8,16,19H,9-15H2,1-3H3. The highest BCUT2D eigenvalue weighted by Gasteiger charge is 2.20. The van der Waals surface area contributed by atoms with E-state index in [1.807, 2.05) is 0 Å². The van der Waals surface area contributed by atoms with Gasteiger partial charge in [0.2, 0.25) is 0 Å². The summed E-state index contributed by atoms with van der Waals surface area (Å²) >= 11 is 0. The lowest BCUT2D eigenvalue weighted by atomic mass is 9.81. The predicted molar refractivity (Wildman–Crippen MR) is 88.8 cm³/mol. The van der Waals surface area contributed by atoms with Crippen LogP contribution in [0.25, 0.3) is 0 Å². The van der Waals surface area contributed by atoms with Crippen molar-refractivity contribution in [3.8, 4) is 0 Å². The molecule has 0 amide bonds. The second-order valence-electron chi connectivity index (χ2n) is 6.77. The van der Waals surface area contributed by atoms with E-state index in [1.165, 1.54) is 5.56 Å². The average Bonchev–Trinajstić information content (AvgIpc) is 2.49. The molecule has 1 aromatic carbocycles. The third-order valence-electron chi connectivity index (χ3n) is 4.43. The second-order valence-corrected chi connectivity index (χ2v) is 6.77. The maximum absolute atomic E-state index is 5.39. The van der Waals surface area contributed by atoms with E-state index >= 15 is 0 Å². The van der Waals surface area contributed by atoms with Crippen molar-refractivity contribution < 1.29 is 4.74 Å². The molecule has 1 atom stereocenters. The molecule has 1 aromatic rings. The van der Waals surface area contributed by atoms with Crippen molar-refractivity contribution in [2.45, 2.75) is 38.6 Å². The molecule has 2 rings (SSSR count). The number of morpholine rings is 1. The predicted octanol–water partition coefficient (Wildman–Crippen LogP) is 2.66. The fourth-order valence-electron chi connectivity index (χ4n) is 2.90. The van der Waals surface area contributed by atoms with E-state index in [1.54, 1.807) is 0 Å². The zero-order valence-corrected chi connectivity index (χ0v) is 13.8. The lowest BCUT2D eigenvalue weighted by molar-refractivity contribution is 0.0343. The molecule has 0 aromatic heterocycles. The van der Waals surface area contributed by atoms with Crippen molar-refractivity contribution in [1.29, 1.82) is 0 Å². The Bertz CT molecular complexity index is 399. The minimum Gasteiger partial charge on any atom is -0.379 e. The number of nitrogens with zero attached hydrogens (tertiary/aromatic N) is 1. The summed E-state index contributed by atoms with van der Waals surface area (Å²) in [5, 5.41) is 3.67. The Hall–Kier alpha value is -0.900. The van der Waals surface area contributed by atoms with Crippen molar-refractivity contribution in [3.63, 3.8) is 0 Å². The summed E-state index contributed by atoms with van der Waals surface area (Å²) in [6, 6.07) is 11.3. The number of benzene rings is 1. The van der Waals surface area contributed by atoms with Gasteiger partial charge in [-0.15, -0.1) is 0 Å². The first-order valence-electron chi connectivity index (χ1n) is 8.17. The minimum absolute atomic E-state index is 0.229. The summed E-state index contributed by atoms with van der Waals surface area (Å²) in [6.45, 7) is 13.0. The molecule has 1 aliphatic rings. The lowest BCUT2D eigenvalue weighted by Crippen LogP contribution is -2.45. The van der Waals surface area contributed by atoms with Gasteiger partial charge in [-0.25, -0.2) is 0 Å². The first-order valence-corrected chi connectivity index (χ1v) is 8.17. The Morgan fingerprint density at radius 1 is 1.19 bits per heavy atom. The highest BCUT2D eigenvalue weighted by Crippen LogP contribution is 2.26. The van der Waals surface area contributed by atoms with E-state index in [0.29, 0.717) is 6.04 Å². The van der Waals surface area contributed by atoms with Gasteiger partial charge in [-0.3, -0.25) is 4.90 Å². The third-order valence-corrected chi connectivity index (χ3v) is 4.43. The van der Waals surface area contributed by atoms with Gasteiger partial charge >= 0.3 is 0 Å². The van der Waals surface area contributed by atoms with Crippen LogP contribution in [0.1, 0.15) is 32.8 Å². The molecule has 1 heterocycles. The Morgan fingerprint density at radius 2 is 1.86 bits per heavy atom. The molecule has 0 aliphatic carbocycles. The van der Waals surface area contributed by atoms with Gasteiger partial charge in [0.05, 0.1) is 13.2 Å². The Kier molecular flexibility index (Phi) is 6.22. The minimum atomic E-state index is 0.229. The summed E-state index contributed by atoms with van der Waals surface area (Å²) in [6.07, 6.45) is 1.16. The molecule has 0 spiro atoms. The van der Waals surface area contributed by atoms with Crippen LogP contribution < -0.4 is 5.32 Å². The average molecular weight is 290 g/mol. The van der Waals surface area contributed by atoms with Crippen LogP contribution in [-0.4, -0.2) is 50.3 Å². The van der Waals surface area contributed by atoms with E-state index in [4.69, 9.17) is 4.74 Å². The van der Waals surface area contributed by atoms with Crippen LogP contribution in [0.3, 0.4) is 0 Å². The first-order chi connectivity index (χ1) is 10.1. The molecule has 0 saturated carbocycles. The topological polar surface area (TPSA) is 24.5 Å². The molecule has 1 fully saturated rings. The van der Waals surface area contributed by atoms with E-state index in [-0.39, 0.29) is 5.41 Å². The Morgan fingerprint density at radius 3 is 2.52 bits per heavy atom. The van der Waals surface area contributed by atoms with Crippen molar-refractivity contribution >= 4 is 0 Å². The Labute approximate surface area is 129 Å². The molecular formula is C18H30N2O. The second kappa shape index (κ2) is 7.92. The number of nitrogens with one attached hydrogen (secondary N) is 1. The summed E-state index contributed by atoms with van der Waals surface area (Å²) in [4.78, 5) is 2.49. The van der Waals surface area contributed by atoms with E-state index in [9.17, 15) is 0 Å². The third kappa shape index (κ3) is 5.42. The maximum atomic E-state index is 5.39. The van der Waals surface area contributed by atoms with Crippen LogP contribution in [0.15, 0.2) is 30.3 Å². The van der Waals surface area contributed by atoms with Crippen LogP contribution in [0, 0.1) is 0 Å². The molecule has 21 heavy (non-hydrogen) atoms. The first kappa shape index (κ1) is 16.5. The normalized spacial score (nSPS) is 18.6. The van der Waals surface area contributed by atoms with Gasteiger partial charge in [0, 0.05) is 25.7 Å². The summed E-state index contributed by atoms with van der Waals surface area (Å²) < 4.78 is 5.39. The van der Waals surface area contributed by atoms with Crippen molar-refractivity contribution in [2.75, 3.05) is 39.4 Å². The van der Waals surface area contributed by atoms with Gasteiger partial charge in [0.15, 0.2) is 0 Å². The molecule has 1 aliphatic heterocycles. The van der Waals surface area contributed by atoms with Gasteiger partial charge < -0.3 is 10.1 Å². The van der Waals surface area contributed by atoms with Crippen molar-refractivity contribution in [1.82, 2.24) is 10.2 Å². The summed E-state index contributed by atoms with van der Waals surface area (Å²) in [7, 11) is 0. The molecule has 0 bridgehead atoms. The van der Waals surface area contributed by atoms with Gasteiger partial charge in [-0.2, -0.15) is 0 Å². The fraction of sp³-hybridized carbons (Fsp3) is 0.667. The number of hydrogen-bond donors (Lipinski definition) is 1. The summed E-state index contributed by atoms with van der Waals surface area (Å²) in [5.74, 6) is 0. The number of rotatable bonds is 7. The van der Waals surface area contributed by atoms with Crippen molar-refractivity contribution in [2.24, 2.45) is 0 Å². The molecule has 1 unspecified atom stereocenters. The highest BCUT2D eigenvalue weighted by molar-refractivity contribution is 5.23. The van der Waals surface area contributed by atoms with E-state index < -0.39 is 0 Å². The SMILES string of the molecule is CC(CN1CCOCC1)NCCC(C)(C)c1ccccc1. The molecule has 0 radical (unpaired) electrons. The zero-order valence-electron chi connectivity index (χ0n) is 13.8. The molecule has 3 nitrogen and oxygen atoms in total. The van der Waals surface area contributed by atoms with E-state index in [2.05, 4.69) is 61.3 Å². The smallest absolute Gasteiger partial charge is 0.0594 e. The van der Waals surface area contributed by atoms with Crippen LogP contribution in [-0.2, 0) is 10.2 Å². The van der Waals surface area contributed by atoms with Gasteiger partial charge in [-0.1, -0.05) is 44.2 Å². The van der Waals surface area contributed by atoms with Crippen LogP contribution in [0.5, 0.6) is 0 Å². The molecule has 1 N–H and O–H groups in total. The summed E-state index contributed by atoms with van der Waals surface area (Å²) in [5.41, 5.74) is 1.65. The Balaban J connectivity index is 1.70. The maximum Gasteiger partial charge on any atom is 0.0594 e. The fourth-order valence-corrected chi connectivity index (χ4v) is 2.90. The van der Waals surface area contributed by atoms with Gasteiger partial charge in [0.25, 0.3) is 0 Å². The van der Waals surface area contributed by atoms with Crippen LogP contribution in [0.4, 0.5) is 0 Å². The molecule has 3 heteroatoms. The van der Waals surface area contributed by atoms with E-state index in [0.717, 1.165) is 45.8 Å². The van der Waals surface area contributed by atoms with Gasteiger partial charge in [-0.05, 0) is 30.9 Å². The number of ether oxygens (including phenoxy) is 1. The highest BCUT2D eigenvalue weighted by atomic mass is 16.5. The van der Waals surface area contributed by atoms with Crippen molar-refractivity contribution in [3.05, 3.63) is 35.9 Å². The molecular weight excluding hydrogens is 260 g/mol. The van der Waals surface area contributed by atoms with Gasteiger partial charge in [0.1, 0.15) is 0 Å². The quantitative estimate of drug-likeness (QED) is 0.835.